The van der Waals surface area contributed by atoms with E-state index in [1.165, 1.54) is 13.0 Å². The van der Waals surface area contributed by atoms with Gasteiger partial charge in [-0.05, 0) is 24.1 Å². The smallest absolute Gasteiger partial charge is 0.305 e. The van der Waals surface area contributed by atoms with E-state index in [1.54, 1.807) is 0 Å². The average Bonchev–Trinajstić information content (AvgIpc) is 2.12. The molecule has 0 radical (unpaired) electrons. The Hall–Kier alpha value is -1.49. The Morgan fingerprint density at radius 3 is 2.60 bits per heavy atom. The number of nitrogens with two attached hydrogens (primary N) is 1. The van der Waals surface area contributed by atoms with Gasteiger partial charge in [-0.3, -0.25) is 4.79 Å². The van der Waals surface area contributed by atoms with Crippen molar-refractivity contribution in [1.82, 2.24) is 0 Å². The SMILES string of the molecule is Cc1cc(C(N)CC(=O)O)cc(F)c1F. The maximum absolute atomic E-state index is 13.0. The molecule has 1 aromatic rings. The maximum atomic E-state index is 13.0. The topological polar surface area (TPSA) is 63.3 Å². The number of halogens is 2. The van der Waals surface area contributed by atoms with Crippen LogP contribution < -0.4 is 5.73 Å². The highest BCUT2D eigenvalue weighted by molar-refractivity contribution is 5.67. The quantitative estimate of drug-likeness (QED) is 0.807. The van der Waals surface area contributed by atoms with Crippen LogP contribution in [0, 0.1) is 18.6 Å². The monoisotopic (exact) mass is 215 g/mol. The van der Waals surface area contributed by atoms with Crippen LogP contribution in [0.2, 0.25) is 0 Å². The van der Waals surface area contributed by atoms with Crippen molar-refractivity contribution in [3.63, 3.8) is 0 Å². The van der Waals surface area contributed by atoms with Gasteiger partial charge in [0.2, 0.25) is 0 Å². The number of aryl methyl sites for hydroxylation is 1. The lowest BCUT2D eigenvalue weighted by atomic mass is 10.0. The molecule has 15 heavy (non-hydrogen) atoms. The lowest BCUT2D eigenvalue weighted by molar-refractivity contribution is -0.137. The third-order valence-corrected chi connectivity index (χ3v) is 2.06. The molecule has 0 amide bonds. The molecule has 82 valence electrons. The zero-order chi connectivity index (χ0) is 11.6. The third kappa shape index (κ3) is 2.73. The van der Waals surface area contributed by atoms with Crippen LogP contribution in [-0.2, 0) is 4.79 Å². The van der Waals surface area contributed by atoms with Crippen molar-refractivity contribution in [2.45, 2.75) is 19.4 Å². The molecule has 0 spiro atoms. The van der Waals surface area contributed by atoms with Gasteiger partial charge >= 0.3 is 5.97 Å². The molecule has 0 heterocycles. The summed E-state index contributed by atoms with van der Waals surface area (Å²) in [5.74, 6) is -3.02. The van der Waals surface area contributed by atoms with Crippen molar-refractivity contribution in [2.75, 3.05) is 0 Å². The van der Waals surface area contributed by atoms with E-state index in [0.29, 0.717) is 0 Å². The maximum Gasteiger partial charge on any atom is 0.305 e. The average molecular weight is 215 g/mol. The number of rotatable bonds is 3. The van der Waals surface area contributed by atoms with Crippen molar-refractivity contribution in [1.29, 1.82) is 0 Å². The van der Waals surface area contributed by atoms with Gasteiger partial charge in [-0.2, -0.15) is 0 Å². The Bertz CT molecular complexity index is 370. The first-order chi connectivity index (χ1) is 6.91. The number of carbonyl (C=O) groups is 1. The number of carboxylic acids is 1. The van der Waals surface area contributed by atoms with E-state index in [9.17, 15) is 13.6 Å². The predicted octanol–water partition coefficient (Wildman–Crippen LogP) is 1.75. The minimum atomic E-state index is -1.08. The Kier molecular flexibility index (Phi) is 3.36. The highest BCUT2D eigenvalue weighted by Crippen LogP contribution is 2.20. The second-order valence-electron chi connectivity index (χ2n) is 3.34. The summed E-state index contributed by atoms with van der Waals surface area (Å²) in [5, 5.41) is 8.49. The predicted molar refractivity (Wildman–Crippen MR) is 50.3 cm³/mol. The van der Waals surface area contributed by atoms with Crippen LogP contribution in [0.15, 0.2) is 12.1 Å². The van der Waals surface area contributed by atoms with Crippen LogP contribution in [0.5, 0.6) is 0 Å². The van der Waals surface area contributed by atoms with E-state index in [-0.39, 0.29) is 17.5 Å². The molecule has 3 N–H and O–H groups in total. The molecule has 0 bridgehead atoms. The normalized spacial score (nSPS) is 12.5. The summed E-state index contributed by atoms with van der Waals surface area (Å²) in [6.45, 7) is 1.40. The van der Waals surface area contributed by atoms with Crippen molar-refractivity contribution in [3.8, 4) is 0 Å². The fourth-order valence-corrected chi connectivity index (χ4v) is 1.27. The van der Waals surface area contributed by atoms with Crippen LogP contribution >= 0.6 is 0 Å². The first kappa shape index (κ1) is 11.6. The van der Waals surface area contributed by atoms with Gasteiger partial charge in [0.25, 0.3) is 0 Å². The highest BCUT2D eigenvalue weighted by Gasteiger charge is 2.14. The lowest BCUT2D eigenvalue weighted by Crippen LogP contribution is -2.15. The van der Waals surface area contributed by atoms with Crippen molar-refractivity contribution in [3.05, 3.63) is 34.9 Å². The van der Waals surface area contributed by atoms with Gasteiger partial charge in [-0.1, -0.05) is 6.07 Å². The van der Waals surface area contributed by atoms with Gasteiger partial charge in [-0.15, -0.1) is 0 Å². The zero-order valence-electron chi connectivity index (χ0n) is 8.13. The molecule has 1 aromatic carbocycles. The van der Waals surface area contributed by atoms with Crippen molar-refractivity contribution in [2.24, 2.45) is 5.73 Å². The second-order valence-corrected chi connectivity index (χ2v) is 3.34. The van der Waals surface area contributed by atoms with Gasteiger partial charge in [0, 0.05) is 6.04 Å². The van der Waals surface area contributed by atoms with E-state index < -0.39 is 23.6 Å². The largest absolute Gasteiger partial charge is 0.481 e. The molecule has 0 aromatic heterocycles. The Morgan fingerprint density at radius 1 is 1.53 bits per heavy atom. The molecule has 1 atom stereocenters. The number of benzene rings is 1. The molecule has 0 fully saturated rings. The van der Waals surface area contributed by atoms with Gasteiger partial charge in [0.15, 0.2) is 11.6 Å². The lowest BCUT2D eigenvalue weighted by Gasteiger charge is -2.10. The molecule has 0 aliphatic rings. The summed E-state index contributed by atoms with van der Waals surface area (Å²) in [6.07, 6.45) is -0.315. The number of hydrogen-bond acceptors (Lipinski definition) is 2. The van der Waals surface area contributed by atoms with Gasteiger partial charge < -0.3 is 10.8 Å². The third-order valence-electron chi connectivity index (χ3n) is 2.06. The number of hydrogen-bond donors (Lipinski definition) is 2. The summed E-state index contributed by atoms with van der Waals surface area (Å²) in [6, 6.07) is 1.46. The van der Waals surface area contributed by atoms with Crippen LogP contribution in [0.3, 0.4) is 0 Å². The van der Waals surface area contributed by atoms with Gasteiger partial charge in [0.1, 0.15) is 0 Å². The highest BCUT2D eigenvalue weighted by atomic mass is 19.2. The van der Waals surface area contributed by atoms with Crippen LogP contribution in [0.4, 0.5) is 8.78 Å². The fourth-order valence-electron chi connectivity index (χ4n) is 1.27. The standard InChI is InChI=1S/C10H11F2NO2/c1-5-2-6(3-7(11)10(5)12)8(13)4-9(14)15/h2-3,8H,4,13H2,1H3,(H,14,15). The summed E-state index contributed by atoms with van der Waals surface area (Å²) in [4.78, 5) is 10.4. The van der Waals surface area contributed by atoms with E-state index in [0.717, 1.165) is 6.07 Å². The summed E-state index contributed by atoms with van der Waals surface area (Å²) < 4.78 is 25.9. The fraction of sp³-hybridized carbons (Fsp3) is 0.300. The van der Waals surface area contributed by atoms with E-state index >= 15 is 0 Å². The molecule has 1 unspecified atom stereocenters. The van der Waals surface area contributed by atoms with Crippen LogP contribution in [0.1, 0.15) is 23.6 Å². The molecule has 0 saturated heterocycles. The Labute approximate surface area is 85.5 Å². The molecule has 3 nitrogen and oxygen atoms in total. The molecule has 5 heteroatoms. The Balaban J connectivity index is 3.00. The first-order valence-electron chi connectivity index (χ1n) is 4.34. The molecular formula is C10H11F2NO2. The van der Waals surface area contributed by atoms with Gasteiger partial charge in [-0.25, -0.2) is 8.78 Å². The van der Waals surface area contributed by atoms with E-state index in [4.69, 9.17) is 10.8 Å². The minimum Gasteiger partial charge on any atom is -0.481 e. The molecule has 1 rings (SSSR count). The Morgan fingerprint density at radius 2 is 2.13 bits per heavy atom. The molecule has 0 aliphatic carbocycles. The summed E-state index contributed by atoms with van der Waals surface area (Å²) in [5.41, 5.74) is 5.92. The van der Waals surface area contributed by atoms with E-state index in [2.05, 4.69) is 0 Å². The minimum absolute atomic E-state index is 0.117. The van der Waals surface area contributed by atoms with Crippen molar-refractivity contribution < 1.29 is 18.7 Å². The second kappa shape index (κ2) is 4.35. The van der Waals surface area contributed by atoms with Crippen LogP contribution in [0.25, 0.3) is 0 Å². The molecule has 0 aliphatic heterocycles. The first-order valence-corrected chi connectivity index (χ1v) is 4.34. The molecule has 0 saturated carbocycles. The van der Waals surface area contributed by atoms with E-state index in [1.807, 2.05) is 0 Å². The van der Waals surface area contributed by atoms with Gasteiger partial charge in [0.05, 0.1) is 6.42 Å². The summed E-state index contributed by atoms with van der Waals surface area (Å²) >= 11 is 0. The van der Waals surface area contributed by atoms with Crippen molar-refractivity contribution >= 4 is 5.97 Å². The zero-order valence-corrected chi connectivity index (χ0v) is 8.13. The number of carboxylic acid groups (broad SMARTS) is 1. The number of aliphatic carboxylic acids is 1. The van der Waals surface area contributed by atoms with Crippen LogP contribution in [-0.4, -0.2) is 11.1 Å². The summed E-state index contributed by atoms with van der Waals surface area (Å²) in [7, 11) is 0. The molecular weight excluding hydrogens is 204 g/mol.